The molecule has 0 aliphatic rings. The van der Waals surface area contributed by atoms with E-state index < -0.39 is 5.95 Å². The zero-order valence-electron chi connectivity index (χ0n) is 6.92. The van der Waals surface area contributed by atoms with Crippen molar-refractivity contribution in [2.45, 2.75) is 13.0 Å². The predicted molar refractivity (Wildman–Crippen MR) is 47.5 cm³/mol. The summed E-state index contributed by atoms with van der Waals surface area (Å²) in [6.45, 7) is 5.51. The summed E-state index contributed by atoms with van der Waals surface area (Å²) < 4.78 is 12.5. The zero-order valence-corrected chi connectivity index (χ0v) is 6.92. The third-order valence-corrected chi connectivity index (χ3v) is 1.44. The minimum atomic E-state index is -0.476. The monoisotopic (exact) mass is 166 g/mol. The molecule has 0 bridgehead atoms. The molecule has 0 spiro atoms. The summed E-state index contributed by atoms with van der Waals surface area (Å²) in [5.41, 5.74) is 0. The molecule has 3 heteroatoms. The van der Waals surface area contributed by atoms with Crippen molar-refractivity contribution in [3.05, 3.63) is 36.8 Å². The lowest BCUT2D eigenvalue weighted by Crippen LogP contribution is -2.12. The fraction of sp³-hybridized carbons (Fsp3) is 0.222. The Morgan fingerprint density at radius 3 is 3.00 bits per heavy atom. The fourth-order valence-corrected chi connectivity index (χ4v) is 0.781. The van der Waals surface area contributed by atoms with E-state index in [1.54, 1.807) is 18.2 Å². The van der Waals surface area contributed by atoms with E-state index in [4.69, 9.17) is 0 Å². The minimum absolute atomic E-state index is 0.0966. The zero-order chi connectivity index (χ0) is 8.97. The van der Waals surface area contributed by atoms with Gasteiger partial charge in [0.15, 0.2) is 0 Å². The van der Waals surface area contributed by atoms with Crippen LogP contribution in [0.3, 0.4) is 0 Å². The smallest absolute Gasteiger partial charge is 0.214 e. The molecule has 0 amide bonds. The van der Waals surface area contributed by atoms with E-state index in [0.717, 1.165) is 0 Å². The second-order valence-corrected chi connectivity index (χ2v) is 2.51. The number of hydrogen-bond donors (Lipinski definition) is 1. The lowest BCUT2D eigenvalue weighted by molar-refractivity contribution is 0.584. The molecule has 0 aromatic carbocycles. The van der Waals surface area contributed by atoms with E-state index >= 15 is 0 Å². The molecule has 0 saturated heterocycles. The Balaban J connectivity index is 2.69. The van der Waals surface area contributed by atoms with Gasteiger partial charge < -0.3 is 5.32 Å². The SMILES string of the molecule is C=CC(C)Nc1cccc(F)n1. The summed E-state index contributed by atoms with van der Waals surface area (Å²) in [5.74, 6) is 0.0543. The molecule has 1 N–H and O–H groups in total. The maximum absolute atomic E-state index is 12.5. The number of aromatic nitrogens is 1. The molecule has 1 aromatic heterocycles. The van der Waals surface area contributed by atoms with Crippen LogP contribution in [0.2, 0.25) is 0 Å². The maximum atomic E-state index is 12.5. The van der Waals surface area contributed by atoms with E-state index in [9.17, 15) is 4.39 Å². The van der Waals surface area contributed by atoms with Gasteiger partial charge in [-0.3, -0.25) is 0 Å². The summed E-state index contributed by atoms with van der Waals surface area (Å²) >= 11 is 0. The minimum Gasteiger partial charge on any atom is -0.364 e. The molecule has 0 saturated carbocycles. The van der Waals surface area contributed by atoms with E-state index in [1.165, 1.54) is 6.07 Å². The van der Waals surface area contributed by atoms with Crippen molar-refractivity contribution in [3.63, 3.8) is 0 Å². The molecular weight excluding hydrogens is 155 g/mol. The molecule has 12 heavy (non-hydrogen) atoms. The number of nitrogens with zero attached hydrogens (tertiary/aromatic N) is 1. The Hall–Kier alpha value is -1.38. The van der Waals surface area contributed by atoms with Gasteiger partial charge in [-0.2, -0.15) is 4.39 Å². The molecule has 1 rings (SSSR count). The van der Waals surface area contributed by atoms with Crippen LogP contribution in [0.4, 0.5) is 10.2 Å². The quantitative estimate of drug-likeness (QED) is 0.550. The standard InChI is InChI=1S/C9H11FN2/c1-3-7(2)11-9-6-4-5-8(10)12-9/h3-7H,1H2,2H3,(H,11,12). The number of halogens is 1. The van der Waals surface area contributed by atoms with E-state index in [-0.39, 0.29) is 6.04 Å². The van der Waals surface area contributed by atoms with Crippen molar-refractivity contribution >= 4 is 5.82 Å². The lowest BCUT2D eigenvalue weighted by Gasteiger charge is -2.08. The van der Waals surface area contributed by atoms with Gasteiger partial charge in [-0.25, -0.2) is 4.98 Å². The first-order chi connectivity index (χ1) is 5.72. The Morgan fingerprint density at radius 2 is 2.42 bits per heavy atom. The summed E-state index contributed by atoms with van der Waals surface area (Å²) in [5, 5.41) is 2.96. The second kappa shape index (κ2) is 3.85. The second-order valence-electron chi connectivity index (χ2n) is 2.51. The van der Waals surface area contributed by atoms with Gasteiger partial charge in [0.05, 0.1) is 0 Å². The van der Waals surface area contributed by atoms with Crippen molar-refractivity contribution < 1.29 is 4.39 Å². The third kappa shape index (κ3) is 2.34. The highest BCUT2D eigenvalue weighted by Gasteiger charge is 1.98. The van der Waals surface area contributed by atoms with Gasteiger partial charge in [-0.1, -0.05) is 12.1 Å². The van der Waals surface area contributed by atoms with Gasteiger partial charge in [0.25, 0.3) is 0 Å². The van der Waals surface area contributed by atoms with Crippen LogP contribution in [0.25, 0.3) is 0 Å². The highest BCUT2D eigenvalue weighted by Crippen LogP contribution is 2.05. The maximum Gasteiger partial charge on any atom is 0.214 e. The predicted octanol–water partition coefficient (Wildman–Crippen LogP) is 2.21. The first-order valence-electron chi connectivity index (χ1n) is 3.74. The van der Waals surface area contributed by atoms with Crippen LogP contribution in [0.15, 0.2) is 30.9 Å². The molecular formula is C9H11FN2. The first kappa shape index (κ1) is 8.71. The molecule has 0 fully saturated rings. The van der Waals surface area contributed by atoms with Gasteiger partial charge >= 0.3 is 0 Å². The van der Waals surface area contributed by atoms with Crippen LogP contribution in [0.1, 0.15) is 6.92 Å². The molecule has 1 unspecified atom stereocenters. The molecule has 1 aromatic rings. The van der Waals surface area contributed by atoms with Crippen molar-refractivity contribution in [1.82, 2.24) is 4.98 Å². The molecule has 64 valence electrons. The summed E-state index contributed by atoms with van der Waals surface area (Å²) in [4.78, 5) is 3.64. The summed E-state index contributed by atoms with van der Waals surface area (Å²) in [6.07, 6.45) is 1.73. The Bertz CT molecular complexity index is 273. The van der Waals surface area contributed by atoms with Crippen LogP contribution in [-0.4, -0.2) is 11.0 Å². The van der Waals surface area contributed by atoms with E-state index in [1.807, 2.05) is 6.92 Å². The Labute approximate surface area is 71.1 Å². The van der Waals surface area contributed by atoms with Crippen LogP contribution >= 0.6 is 0 Å². The van der Waals surface area contributed by atoms with Crippen molar-refractivity contribution in [1.29, 1.82) is 0 Å². The molecule has 1 atom stereocenters. The molecule has 0 radical (unpaired) electrons. The summed E-state index contributed by atoms with van der Waals surface area (Å²) in [6, 6.07) is 4.73. The van der Waals surface area contributed by atoms with Crippen molar-refractivity contribution in [2.75, 3.05) is 5.32 Å². The van der Waals surface area contributed by atoms with E-state index in [0.29, 0.717) is 5.82 Å². The van der Waals surface area contributed by atoms with Crippen LogP contribution < -0.4 is 5.32 Å². The van der Waals surface area contributed by atoms with Crippen molar-refractivity contribution in [2.24, 2.45) is 0 Å². The van der Waals surface area contributed by atoms with Crippen LogP contribution in [-0.2, 0) is 0 Å². The van der Waals surface area contributed by atoms with Crippen LogP contribution in [0, 0.1) is 5.95 Å². The average Bonchev–Trinajstić information content (AvgIpc) is 2.04. The van der Waals surface area contributed by atoms with Gasteiger partial charge in [0.2, 0.25) is 5.95 Å². The lowest BCUT2D eigenvalue weighted by atomic mass is 10.3. The number of pyridine rings is 1. The first-order valence-corrected chi connectivity index (χ1v) is 3.74. The van der Waals surface area contributed by atoms with Gasteiger partial charge in [0, 0.05) is 6.04 Å². The normalized spacial score (nSPS) is 12.2. The average molecular weight is 166 g/mol. The topological polar surface area (TPSA) is 24.9 Å². The van der Waals surface area contributed by atoms with Gasteiger partial charge in [0.1, 0.15) is 5.82 Å². The largest absolute Gasteiger partial charge is 0.364 e. The molecule has 1 heterocycles. The summed E-state index contributed by atoms with van der Waals surface area (Å²) in [7, 11) is 0. The van der Waals surface area contributed by atoms with Crippen molar-refractivity contribution in [3.8, 4) is 0 Å². The highest BCUT2D eigenvalue weighted by molar-refractivity contribution is 5.35. The van der Waals surface area contributed by atoms with Crippen LogP contribution in [0.5, 0.6) is 0 Å². The number of hydrogen-bond acceptors (Lipinski definition) is 2. The van der Waals surface area contributed by atoms with Gasteiger partial charge in [-0.15, -0.1) is 6.58 Å². The highest BCUT2D eigenvalue weighted by atomic mass is 19.1. The third-order valence-electron chi connectivity index (χ3n) is 1.44. The Kier molecular flexibility index (Phi) is 2.80. The number of anilines is 1. The molecule has 0 aliphatic carbocycles. The number of nitrogens with one attached hydrogen (secondary N) is 1. The number of rotatable bonds is 3. The fourth-order valence-electron chi connectivity index (χ4n) is 0.781. The molecule has 2 nitrogen and oxygen atoms in total. The Morgan fingerprint density at radius 1 is 1.67 bits per heavy atom. The van der Waals surface area contributed by atoms with Gasteiger partial charge in [-0.05, 0) is 19.1 Å². The molecule has 0 aliphatic heterocycles. The van der Waals surface area contributed by atoms with E-state index in [2.05, 4.69) is 16.9 Å².